The van der Waals surface area contributed by atoms with Crippen molar-refractivity contribution >= 4 is 38.0 Å². The van der Waals surface area contributed by atoms with Gasteiger partial charge in [-0.1, -0.05) is 11.3 Å². The summed E-state index contributed by atoms with van der Waals surface area (Å²) < 4.78 is 6.66. The second-order valence-electron chi connectivity index (χ2n) is 4.77. The van der Waals surface area contributed by atoms with Crippen molar-refractivity contribution in [2.75, 3.05) is 11.9 Å². The highest BCUT2D eigenvalue weighted by molar-refractivity contribution is 7.22. The van der Waals surface area contributed by atoms with E-state index in [0.717, 1.165) is 31.8 Å². The first kappa shape index (κ1) is 14.3. The van der Waals surface area contributed by atoms with Crippen LogP contribution < -0.4 is 10.1 Å². The Kier molecular flexibility index (Phi) is 4.07. The third-order valence-electron chi connectivity index (χ3n) is 3.02. The molecular weight excluding hydrogens is 302 g/mol. The predicted molar refractivity (Wildman–Crippen MR) is 89.7 cm³/mol. The second-order valence-corrected chi connectivity index (χ2v) is 6.70. The number of rotatable bonds is 5. The van der Waals surface area contributed by atoms with Crippen molar-refractivity contribution < 1.29 is 4.74 Å². The van der Waals surface area contributed by atoms with Gasteiger partial charge in [-0.15, -0.1) is 11.3 Å². The number of nitrogens with one attached hydrogen (secondary N) is 1. The fourth-order valence-electron chi connectivity index (χ4n) is 2.04. The Morgan fingerprint density at radius 3 is 2.90 bits per heavy atom. The monoisotopic (exact) mass is 319 g/mol. The van der Waals surface area contributed by atoms with Crippen molar-refractivity contribution in [1.82, 2.24) is 9.97 Å². The van der Waals surface area contributed by atoms with Crippen LogP contribution in [0.3, 0.4) is 0 Å². The van der Waals surface area contributed by atoms with Gasteiger partial charge in [0, 0.05) is 11.1 Å². The Balaban J connectivity index is 1.80. The number of fused-ring (bicyclic) bond motifs is 1. The maximum Gasteiger partial charge on any atom is 0.184 e. The number of anilines is 1. The summed E-state index contributed by atoms with van der Waals surface area (Å²) in [6, 6.07) is 6.17. The van der Waals surface area contributed by atoms with Gasteiger partial charge < -0.3 is 10.1 Å². The molecule has 6 heteroatoms. The Bertz CT molecular complexity index is 750. The van der Waals surface area contributed by atoms with E-state index in [1.165, 1.54) is 0 Å². The van der Waals surface area contributed by atoms with E-state index in [0.29, 0.717) is 6.61 Å². The van der Waals surface area contributed by atoms with Crippen LogP contribution in [0.25, 0.3) is 10.2 Å². The normalized spacial score (nSPS) is 12.5. The zero-order chi connectivity index (χ0) is 14.8. The fraction of sp³-hybridized carbons (Fsp3) is 0.333. The summed E-state index contributed by atoms with van der Waals surface area (Å²) in [4.78, 5) is 9.13. The van der Waals surface area contributed by atoms with Crippen LogP contribution in [-0.2, 0) is 0 Å². The molecular formula is C15H17N3OS2. The standard InChI is InChI=1S/C15H17N3OS2/c1-4-19-11-5-6-12-13(7-11)21-15(18-12)17-10(3)14-16-9(2)8-20-14/h5-8,10H,4H2,1-3H3,(H,17,18). The van der Waals surface area contributed by atoms with Crippen molar-refractivity contribution in [3.63, 3.8) is 0 Å². The molecule has 2 heterocycles. The van der Waals surface area contributed by atoms with E-state index >= 15 is 0 Å². The quantitative estimate of drug-likeness (QED) is 0.744. The van der Waals surface area contributed by atoms with Gasteiger partial charge in [-0.05, 0) is 39.0 Å². The van der Waals surface area contributed by atoms with Crippen LogP contribution in [0.5, 0.6) is 5.75 Å². The Morgan fingerprint density at radius 1 is 1.33 bits per heavy atom. The van der Waals surface area contributed by atoms with Gasteiger partial charge in [-0.2, -0.15) is 0 Å². The molecule has 0 aliphatic heterocycles. The molecule has 3 aromatic rings. The number of aromatic nitrogens is 2. The Labute approximate surface area is 131 Å². The van der Waals surface area contributed by atoms with Crippen molar-refractivity contribution in [3.8, 4) is 5.75 Å². The molecule has 0 aliphatic rings. The molecule has 0 amide bonds. The van der Waals surface area contributed by atoms with Crippen LogP contribution in [0.15, 0.2) is 23.6 Å². The lowest BCUT2D eigenvalue weighted by Gasteiger charge is -2.08. The molecule has 0 aliphatic carbocycles. The second kappa shape index (κ2) is 5.99. The van der Waals surface area contributed by atoms with Crippen molar-refractivity contribution in [2.24, 2.45) is 0 Å². The highest BCUT2D eigenvalue weighted by atomic mass is 32.1. The minimum absolute atomic E-state index is 0.163. The molecule has 4 nitrogen and oxygen atoms in total. The molecule has 0 fully saturated rings. The first-order chi connectivity index (χ1) is 10.2. The van der Waals surface area contributed by atoms with Gasteiger partial charge in [0.2, 0.25) is 0 Å². The first-order valence-electron chi connectivity index (χ1n) is 6.87. The molecule has 21 heavy (non-hydrogen) atoms. The van der Waals surface area contributed by atoms with E-state index < -0.39 is 0 Å². The predicted octanol–water partition coefficient (Wildman–Crippen LogP) is 4.63. The molecule has 1 aromatic carbocycles. The number of benzene rings is 1. The molecule has 2 aromatic heterocycles. The average Bonchev–Trinajstić information content (AvgIpc) is 3.04. The van der Waals surface area contributed by atoms with E-state index in [1.54, 1.807) is 22.7 Å². The summed E-state index contributed by atoms with van der Waals surface area (Å²) in [6.07, 6.45) is 0. The van der Waals surface area contributed by atoms with Crippen LogP contribution in [0.1, 0.15) is 30.6 Å². The molecule has 1 N–H and O–H groups in total. The van der Waals surface area contributed by atoms with Crippen molar-refractivity contribution in [1.29, 1.82) is 0 Å². The fourth-order valence-corrected chi connectivity index (χ4v) is 3.83. The molecule has 1 unspecified atom stereocenters. The van der Waals surface area contributed by atoms with Crippen LogP contribution >= 0.6 is 22.7 Å². The van der Waals surface area contributed by atoms with Gasteiger partial charge in [0.25, 0.3) is 0 Å². The van der Waals surface area contributed by atoms with Gasteiger partial charge in [0.1, 0.15) is 10.8 Å². The first-order valence-corrected chi connectivity index (χ1v) is 8.57. The van der Waals surface area contributed by atoms with E-state index in [2.05, 4.69) is 27.6 Å². The van der Waals surface area contributed by atoms with Crippen LogP contribution in [0, 0.1) is 6.92 Å². The summed E-state index contributed by atoms with van der Waals surface area (Å²) in [5.74, 6) is 0.892. The average molecular weight is 319 g/mol. The summed E-state index contributed by atoms with van der Waals surface area (Å²) in [7, 11) is 0. The summed E-state index contributed by atoms with van der Waals surface area (Å²) in [5.41, 5.74) is 2.06. The van der Waals surface area contributed by atoms with E-state index in [1.807, 2.05) is 32.0 Å². The minimum Gasteiger partial charge on any atom is -0.494 e. The van der Waals surface area contributed by atoms with Gasteiger partial charge in [0.05, 0.1) is 22.9 Å². The minimum atomic E-state index is 0.163. The van der Waals surface area contributed by atoms with Crippen molar-refractivity contribution in [2.45, 2.75) is 26.8 Å². The lowest BCUT2D eigenvalue weighted by atomic mass is 10.3. The van der Waals surface area contributed by atoms with Crippen LogP contribution in [-0.4, -0.2) is 16.6 Å². The smallest absolute Gasteiger partial charge is 0.184 e. The van der Waals surface area contributed by atoms with E-state index in [-0.39, 0.29) is 6.04 Å². The molecule has 3 rings (SSSR count). The number of aryl methyl sites for hydroxylation is 1. The molecule has 0 spiro atoms. The maximum absolute atomic E-state index is 5.53. The van der Waals surface area contributed by atoms with Gasteiger partial charge in [-0.3, -0.25) is 0 Å². The number of hydrogen-bond acceptors (Lipinski definition) is 6. The highest BCUT2D eigenvalue weighted by Gasteiger charge is 2.12. The van der Waals surface area contributed by atoms with Gasteiger partial charge >= 0.3 is 0 Å². The molecule has 0 bridgehead atoms. The molecule has 110 valence electrons. The van der Waals surface area contributed by atoms with Gasteiger partial charge in [0.15, 0.2) is 5.13 Å². The van der Waals surface area contributed by atoms with Crippen molar-refractivity contribution in [3.05, 3.63) is 34.3 Å². The lowest BCUT2D eigenvalue weighted by Crippen LogP contribution is -2.05. The Hall–Kier alpha value is -1.66. The highest BCUT2D eigenvalue weighted by Crippen LogP contribution is 2.31. The SMILES string of the molecule is CCOc1ccc2nc(NC(C)c3nc(C)cs3)sc2c1. The Morgan fingerprint density at radius 2 is 2.19 bits per heavy atom. The van der Waals surface area contributed by atoms with E-state index in [4.69, 9.17) is 4.74 Å². The zero-order valence-electron chi connectivity index (χ0n) is 12.2. The largest absolute Gasteiger partial charge is 0.494 e. The van der Waals surface area contributed by atoms with E-state index in [9.17, 15) is 0 Å². The summed E-state index contributed by atoms with van der Waals surface area (Å²) in [5, 5.41) is 7.50. The van der Waals surface area contributed by atoms with Crippen LogP contribution in [0.2, 0.25) is 0 Å². The van der Waals surface area contributed by atoms with Crippen LogP contribution in [0.4, 0.5) is 5.13 Å². The lowest BCUT2D eigenvalue weighted by molar-refractivity contribution is 0.341. The number of hydrogen-bond donors (Lipinski definition) is 1. The van der Waals surface area contributed by atoms with Gasteiger partial charge in [-0.25, -0.2) is 9.97 Å². The zero-order valence-corrected chi connectivity index (χ0v) is 13.8. The molecule has 0 saturated heterocycles. The summed E-state index contributed by atoms with van der Waals surface area (Å²) in [6.45, 7) is 6.78. The summed E-state index contributed by atoms with van der Waals surface area (Å²) >= 11 is 3.32. The number of nitrogens with zero attached hydrogens (tertiary/aromatic N) is 2. The third-order valence-corrected chi connectivity index (χ3v) is 5.11. The number of thiazole rings is 2. The molecule has 1 atom stereocenters. The third kappa shape index (κ3) is 3.16. The topological polar surface area (TPSA) is 47.0 Å². The molecule has 0 radical (unpaired) electrons. The molecule has 0 saturated carbocycles. The maximum atomic E-state index is 5.53. The number of ether oxygens (including phenoxy) is 1.